The normalized spacial score (nSPS) is 24.5. The Kier molecular flexibility index (Phi) is 4.93. The predicted molar refractivity (Wildman–Crippen MR) is 82.7 cm³/mol. The quantitative estimate of drug-likeness (QED) is 0.911. The number of aryl methyl sites for hydroxylation is 1. The molecule has 106 valence electrons. The maximum absolute atomic E-state index is 11.6. The number of rotatable bonds is 4. The van der Waals surface area contributed by atoms with Crippen molar-refractivity contribution in [3.63, 3.8) is 0 Å². The summed E-state index contributed by atoms with van der Waals surface area (Å²) in [4.78, 5) is 14.2. The Labute approximate surface area is 119 Å². The lowest BCUT2D eigenvalue weighted by atomic mass is 10.3. The standard InChI is InChI=1S/C14H23N3OS/c1-11-8-16(9-12(2)19-11)6-3-7-17-10-13(15)4-5-14(17)18/h4-5,10-12H,3,6-9,15H2,1-2H3. The number of hydrogen-bond donors (Lipinski definition) is 1. The van der Waals surface area contributed by atoms with Gasteiger partial charge in [0.05, 0.1) is 0 Å². The third kappa shape index (κ3) is 4.28. The van der Waals surface area contributed by atoms with Crippen LogP contribution in [0.15, 0.2) is 23.1 Å². The van der Waals surface area contributed by atoms with Crippen molar-refractivity contribution < 1.29 is 0 Å². The van der Waals surface area contributed by atoms with Gasteiger partial charge in [0.2, 0.25) is 0 Å². The zero-order chi connectivity index (χ0) is 13.8. The second kappa shape index (κ2) is 6.48. The molecule has 0 radical (unpaired) electrons. The smallest absolute Gasteiger partial charge is 0.250 e. The van der Waals surface area contributed by atoms with Crippen LogP contribution in [0, 0.1) is 0 Å². The van der Waals surface area contributed by atoms with Gasteiger partial charge >= 0.3 is 0 Å². The van der Waals surface area contributed by atoms with E-state index < -0.39 is 0 Å². The van der Waals surface area contributed by atoms with E-state index in [9.17, 15) is 4.79 Å². The van der Waals surface area contributed by atoms with Crippen LogP contribution in [0.25, 0.3) is 0 Å². The maximum Gasteiger partial charge on any atom is 0.250 e. The van der Waals surface area contributed by atoms with Gasteiger partial charge in [0.1, 0.15) is 0 Å². The molecule has 2 rings (SSSR count). The molecule has 5 heteroatoms. The SMILES string of the molecule is CC1CN(CCCn2cc(N)ccc2=O)CC(C)S1. The van der Waals surface area contributed by atoms with Crippen molar-refractivity contribution in [3.8, 4) is 0 Å². The number of pyridine rings is 1. The van der Waals surface area contributed by atoms with Crippen molar-refractivity contribution in [2.75, 3.05) is 25.4 Å². The molecular formula is C14H23N3OS. The Bertz CT molecular complexity index is 464. The summed E-state index contributed by atoms with van der Waals surface area (Å²) in [7, 11) is 0. The summed E-state index contributed by atoms with van der Waals surface area (Å²) in [5.74, 6) is 0. The average Bonchev–Trinajstić information content (AvgIpc) is 2.32. The molecule has 4 nitrogen and oxygen atoms in total. The van der Waals surface area contributed by atoms with Crippen LogP contribution in [0.2, 0.25) is 0 Å². The highest BCUT2D eigenvalue weighted by atomic mass is 32.2. The van der Waals surface area contributed by atoms with E-state index in [1.54, 1.807) is 16.8 Å². The molecule has 2 N–H and O–H groups in total. The molecule has 0 aliphatic carbocycles. The second-order valence-electron chi connectivity index (χ2n) is 5.36. The molecule has 0 saturated carbocycles. The maximum atomic E-state index is 11.6. The van der Waals surface area contributed by atoms with Gasteiger partial charge in [0.25, 0.3) is 5.56 Å². The molecule has 0 spiro atoms. The van der Waals surface area contributed by atoms with Crippen molar-refractivity contribution in [2.24, 2.45) is 0 Å². The third-order valence-corrected chi connectivity index (χ3v) is 4.60. The lowest BCUT2D eigenvalue weighted by Crippen LogP contribution is -2.41. The largest absolute Gasteiger partial charge is 0.398 e. The van der Waals surface area contributed by atoms with Crippen molar-refractivity contribution in [1.29, 1.82) is 0 Å². The predicted octanol–water partition coefficient (Wildman–Crippen LogP) is 1.65. The zero-order valence-electron chi connectivity index (χ0n) is 11.7. The van der Waals surface area contributed by atoms with E-state index in [4.69, 9.17) is 5.73 Å². The van der Waals surface area contributed by atoms with Crippen LogP contribution in [0.5, 0.6) is 0 Å². The Morgan fingerprint density at radius 2 is 1.95 bits per heavy atom. The highest BCUT2D eigenvalue weighted by molar-refractivity contribution is 8.00. The van der Waals surface area contributed by atoms with Gasteiger partial charge in [0.15, 0.2) is 0 Å². The van der Waals surface area contributed by atoms with Crippen LogP contribution in [-0.4, -0.2) is 39.6 Å². The second-order valence-corrected chi connectivity index (χ2v) is 7.25. The highest BCUT2D eigenvalue weighted by Gasteiger charge is 2.21. The summed E-state index contributed by atoms with van der Waals surface area (Å²) >= 11 is 2.07. The number of anilines is 1. The average molecular weight is 281 g/mol. The first-order valence-electron chi connectivity index (χ1n) is 6.88. The van der Waals surface area contributed by atoms with Crippen LogP contribution in [0.3, 0.4) is 0 Å². The monoisotopic (exact) mass is 281 g/mol. The van der Waals surface area contributed by atoms with E-state index in [1.807, 2.05) is 0 Å². The van der Waals surface area contributed by atoms with E-state index in [0.29, 0.717) is 16.2 Å². The molecule has 0 bridgehead atoms. The number of hydrogen-bond acceptors (Lipinski definition) is 4. The van der Waals surface area contributed by atoms with Crippen molar-refractivity contribution in [1.82, 2.24) is 9.47 Å². The molecule has 2 atom stereocenters. The number of thioether (sulfide) groups is 1. The van der Waals surface area contributed by atoms with Gasteiger partial charge in [-0.2, -0.15) is 11.8 Å². The molecule has 1 aliphatic heterocycles. The Morgan fingerprint density at radius 3 is 2.63 bits per heavy atom. The highest BCUT2D eigenvalue weighted by Crippen LogP contribution is 2.24. The first-order valence-corrected chi connectivity index (χ1v) is 7.82. The van der Waals surface area contributed by atoms with Gasteiger partial charge < -0.3 is 15.2 Å². The number of nitrogen functional groups attached to an aromatic ring is 1. The minimum Gasteiger partial charge on any atom is -0.398 e. The van der Waals surface area contributed by atoms with Gasteiger partial charge in [-0.05, 0) is 19.0 Å². The first-order chi connectivity index (χ1) is 9.04. The first kappa shape index (κ1) is 14.5. The van der Waals surface area contributed by atoms with E-state index in [1.165, 1.54) is 6.07 Å². The fourth-order valence-corrected chi connectivity index (χ4v) is 4.04. The summed E-state index contributed by atoms with van der Waals surface area (Å²) < 4.78 is 1.71. The van der Waals surface area contributed by atoms with Crippen LogP contribution in [-0.2, 0) is 6.54 Å². The molecule has 1 saturated heterocycles. The summed E-state index contributed by atoms with van der Waals surface area (Å²) in [5.41, 5.74) is 6.39. The minimum absolute atomic E-state index is 0.0325. The zero-order valence-corrected chi connectivity index (χ0v) is 12.5. The van der Waals surface area contributed by atoms with Crippen molar-refractivity contribution >= 4 is 17.4 Å². The molecule has 1 fully saturated rings. The van der Waals surface area contributed by atoms with E-state index in [0.717, 1.165) is 32.6 Å². The Balaban J connectivity index is 1.83. The van der Waals surface area contributed by atoms with Crippen LogP contribution < -0.4 is 11.3 Å². The van der Waals surface area contributed by atoms with Crippen LogP contribution in [0.4, 0.5) is 5.69 Å². The Morgan fingerprint density at radius 1 is 1.26 bits per heavy atom. The van der Waals surface area contributed by atoms with Crippen LogP contribution >= 0.6 is 11.8 Å². The summed E-state index contributed by atoms with van der Waals surface area (Å²) in [6.45, 7) is 8.68. The van der Waals surface area contributed by atoms with Crippen molar-refractivity contribution in [3.05, 3.63) is 28.7 Å². The summed E-state index contributed by atoms with van der Waals surface area (Å²) in [6.07, 6.45) is 2.73. The number of nitrogens with two attached hydrogens (primary N) is 1. The Hall–Kier alpha value is -0.940. The van der Waals surface area contributed by atoms with Crippen LogP contribution in [0.1, 0.15) is 20.3 Å². The summed E-state index contributed by atoms with van der Waals surface area (Å²) in [5, 5.41) is 1.41. The van der Waals surface area contributed by atoms with E-state index >= 15 is 0 Å². The molecule has 0 amide bonds. The lowest BCUT2D eigenvalue weighted by molar-refractivity contribution is 0.262. The minimum atomic E-state index is 0.0325. The van der Waals surface area contributed by atoms with Gasteiger partial charge in [-0.15, -0.1) is 0 Å². The molecular weight excluding hydrogens is 258 g/mol. The molecule has 1 aliphatic rings. The van der Waals surface area contributed by atoms with E-state index in [2.05, 4.69) is 30.5 Å². The summed E-state index contributed by atoms with van der Waals surface area (Å²) in [6, 6.07) is 3.20. The molecule has 0 aromatic carbocycles. The van der Waals surface area contributed by atoms with Gasteiger partial charge in [-0.25, -0.2) is 0 Å². The fourth-order valence-electron chi connectivity index (χ4n) is 2.66. The molecule has 1 aromatic heterocycles. The lowest BCUT2D eigenvalue weighted by Gasteiger charge is -2.34. The molecule has 2 unspecified atom stereocenters. The number of aromatic nitrogens is 1. The van der Waals surface area contributed by atoms with E-state index in [-0.39, 0.29) is 5.56 Å². The molecule has 19 heavy (non-hydrogen) atoms. The molecule has 1 aromatic rings. The number of nitrogens with zero attached hydrogens (tertiary/aromatic N) is 2. The topological polar surface area (TPSA) is 51.3 Å². The van der Waals surface area contributed by atoms with Gasteiger partial charge in [-0.3, -0.25) is 4.79 Å². The third-order valence-electron chi connectivity index (χ3n) is 3.37. The van der Waals surface area contributed by atoms with Gasteiger partial charge in [-0.1, -0.05) is 13.8 Å². The fraction of sp³-hybridized carbons (Fsp3) is 0.643. The van der Waals surface area contributed by atoms with Crippen molar-refractivity contribution in [2.45, 2.75) is 37.3 Å². The van der Waals surface area contributed by atoms with Gasteiger partial charge in [0, 0.05) is 48.1 Å². The molecule has 2 heterocycles.